The summed E-state index contributed by atoms with van der Waals surface area (Å²) in [6, 6.07) is 14.5. The molecule has 0 bridgehead atoms. The second kappa shape index (κ2) is 6.42. The van der Waals surface area contributed by atoms with Crippen LogP contribution in [0.3, 0.4) is 0 Å². The fourth-order valence-electron chi connectivity index (χ4n) is 1.39. The summed E-state index contributed by atoms with van der Waals surface area (Å²) in [6.45, 7) is 0. The minimum atomic E-state index is -0.373. The number of hydrogen-bond acceptors (Lipinski definition) is 1. The maximum absolute atomic E-state index is 11.6. The van der Waals surface area contributed by atoms with Crippen LogP contribution in [-0.2, 0) is 4.79 Å². The zero-order valence-electron chi connectivity index (χ0n) is 9.78. The zero-order valence-corrected chi connectivity index (χ0v) is 12.1. The molecule has 2 rings (SSSR count). The lowest BCUT2D eigenvalue weighted by atomic mass is 10.2. The Hall–Kier alpha value is -1.76. The number of carbonyl (C=O) groups excluding carboxylic acids is 1. The van der Waals surface area contributed by atoms with Gasteiger partial charge in [0, 0.05) is 21.6 Å². The predicted octanol–water partition coefficient (Wildman–Crippen LogP) is 4.09. The molecule has 0 aliphatic rings. The fraction of sp³-hybridized carbons (Fsp3) is 0. The summed E-state index contributed by atoms with van der Waals surface area (Å²) in [5, 5.41) is 3.20. The van der Waals surface area contributed by atoms with E-state index in [-0.39, 0.29) is 5.91 Å². The molecule has 0 fully saturated rings. The molecule has 0 radical (unpaired) electrons. The number of rotatable bonds is 1. The summed E-state index contributed by atoms with van der Waals surface area (Å²) >= 11 is 9.22. The summed E-state index contributed by atoms with van der Waals surface area (Å²) in [5.74, 6) is 4.94. The number of benzene rings is 2. The summed E-state index contributed by atoms with van der Waals surface area (Å²) < 4.78 is 0.780. The topological polar surface area (TPSA) is 29.1 Å². The molecule has 1 amide bonds. The summed E-state index contributed by atoms with van der Waals surface area (Å²) in [6.07, 6.45) is 0. The van der Waals surface area contributed by atoms with Gasteiger partial charge >= 0.3 is 5.91 Å². The van der Waals surface area contributed by atoms with Crippen molar-refractivity contribution in [3.63, 3.8) is 0 Å². The Morgan fingerprint density at radius 3 is 2.58 bits per heavy atom. The van der Waals surface area contributed by atoms with Crippen molar-refractivity contribution in [2.45, 2.75) is 0 Å². The maximum Gasteiger partial charge on any atom is 0.300 e. The number of halogens is 2. The van der Waals surface area contributed by atoms with Gasteiger partial charge in [-0.25, -0.2) is 0 Å². The molecule has 0 unspecified atom stereocenters. The molecule has 2 aromatic carbocycles. The molecule has 0 atom stereocenters. The van der Waals surface area contributed by atoms with E-state index in [9.17, 15) is 4.79 Å². The molecule has 0 aliphatic carbocycles. The Kier molecular flexibility index (Phi) is 4.62. The number of carbonyl (C=O) groups is 1. The first-order valence-electron chi connectivity index (χ1n) is 5.48. The first-order valence-corrected chi connectivity index (χ1v) is 6.65. The molecule has 0 saturated heterocycles. The molecule has 0 spiro atoms. The van der Waals surface area contributed by atoms with Crippen molar-refractivity contribution in [2.75, 3.05) is 5.32 Å². The minimum absolute atomic E-state index is 0.373. The molecule has 19 heavy (non-hydrogen) atoms. The fourth-order valence-corrected chi connectivity index (χ4v) is 1.81. The van der Waals surface area contributed by atoms with E-state index in [0.717, 1.165) is 10.0 Å². The molecule has 0 saturated carbocycles. The van der Waals surface area contributed by atoms with Crippen LogP contribution in [0.4, 0.5) is 5.69 Å². The van der Waals surface area contributed by atoms with Gasteiger partial charge in [-0.1, -0.05) is 35.7 Å². The van der Waals surface area contributed by atoms with Crippen molar-refractivity contribution in [3.05, 3.63) is 63.6 Å². The van der Waals surface area contributed by atoms with Gasteiger partial charge in [-0.05, 0) is 46.3 Å². The van der Waals surface area contributed by atoms with Crippen molar-refractivity contribution < 1.29 is 4.79 Å². The average molecular weight is 335 g/mol. The highest BCUT2D eigenvalue weighted by molar-refractivity contribution is 9.10. The Morgan fingerprint density at radius 2 is 1.89 bits per heavy atom. The van der Waals surface area contributed by atoms with E-state index in [1.54, 1.807) is 18.2 Å². The van der Waals surface area contributed by atoms with Gasteiger partial charge in [0.15, 0.2) is 0 Å². The summed E-state index contributed by atoms with van der Waals surface area (Å²) in [5.41, 5.74) is 1.41. The van der Waals surface area contributed by atoms with Crippen LogP contribution in [0.2, 0.25) is 5.02 Å². The van der Waals surface area contributed by atoms with Gasteiger partial charge in [0.1, 0.15) is 0 Å². The van der Waals surface area contributed by atoms with Crippen molar-refractivity contribution in [2.24, 2.45) is 0 Å². The smallest absolute Gasteiger partial charge is 0.300 e. The zero-order chi connectivity index (χ0) is 13.7. The van der Waals surface area contributed by atoms with Gasteiger partial charge in [-0.3, -0.25) is 4.79 Å². The molecular formula is C15H9BrClNO. The standard InChI is InChI=1S/C15H9BrClNO/c16-13-8-7-12(10-14(13)17)18-15(19)9-6-11-4-2-1-3-5-11/h1-5,7-8,10H,(H,18,19). The van der Waals surface area contributed by atoms with E-state index in [1.807, 2.05) is 30.3 Å². The van der Waals surface area contributed by atoms with Crippen LogP contribution in [0.15, 0.2) is 53.0 Å². The number of hydrogen-bond donors (Lipinski definition) is 1. The van der Waals surface area contributed by atoms with Gasteiger partial charge < -0.3 is 5.32 Å². The molecule has 2 nitrogen and oxygen atoms in total. The van der Waals surface area contributed by atoms with Crippen LogP contribution in [0.25, 0.3) is 0 Å². The van der Waals surface area contributed by atoms with Gasteiger partial charge in [0.25, 0.3) is 0 Å². The van der Waals surface area contributed by atoms with Crippen molar-refractivity contribution >= 4 is 39.1 Å². The SMILES string of the molecule is O=C(C#Cc1ccccc1)Nc1ccc(Br)c(Cl)c1. The quantitative estimate of drug-likeness (QED) is 0.782. The molecule has 2 aromatic rings. The Morgan fingerprint density at radius 1 is 1.16 bits per heavy atom. The highest BCUT2D eigenvalue weighted by Gasteiger charge is 2.01. The van der Waals surface area contributed by atoms with Gasteiger partial charge in [0.2, 0.25) is 0 Å². The maximum atomic E-state index is 11.6. The molecule has 4 heteroatoms. The monoisotopic (exact) mass is 333 g/mol. The molecule has 0 aromatic heterocycles. The number of anilines is 1. The van der Waals surface area contributed by atoms with Crippen LogP contribution in [-0.4, -0.2) is 5.91 Å². The van der Waals surface area contributed by atoms with E-state index < -0.39 is 0 Å². The van der Waals surface area contributed by atoms with Crippen molar-refractivity contribution in [3.8, 4) is 11.8 Å². The van der Waals surface area contributed by atoms with Crippen LogP contribution in [0.1, 0.15) is 5.56 Å². The highest BCUT2D eigenvalue weighted by Crippen LogP contribution is 2.25. The summed E-state index contributed by atoms with van der Waals surface area (Å²) in [4.78, 5) is 11.6. The first kappa shape index (κ1) is 13.7. The van der Waals surface area contributed by atoms with Crippen LogP contribution >= 0.6 is 27.5 Å². The van der Waals surface area contributed by atoms with Crippen LogP contribution < -0.4 is 5.32 Å². The third kappa shape index (κ3) is 4.13. The second-order valence-corrected chi connectivity index (χ2v) is 4.96. The summed E-state index contributed by atoms with van der Waals surface area (Å²) in [7, 11) is 0. The first-order chi connectivity index (χ1) is 9.15. The number of amides is 1. The van der Waals surface area contributed by atoms with Gasteiger partial charge in [0.05, 0.1) is 5.02 Å². The largest absolute Gasteiger partial charge is 0.315 e. The highest BCUT2D eigenvalue weighted by atomic mass is 79.9. The van der Waals surface area contributed by atoms with Gasteiger partial charge in [-0.2, -0.15) is 0 Å². The van der Waals surface area contributed by atoms with Crippen LogP contribution in [0, 0.1) is 11.8 Å². The predicted molar refractivity (Wildman–Crippen MR) is 81.1 cm³/mol. The third-order valence-electron chi connectivity index (χ3n) is 2.27. The Bertz CT molecular complexity index is 659. The Balaban J connectivity index is 2.06. The van der Waals surface area contributed by atoms with E-state index in [1.165, 1.54) is 0 Å². The molecule has 1 N–H and O–H groups in total. The molecule has 0 heterocycles. The van der Waals surface area contributed by atoms with Gasteiger partial charge in [-0.15, -0.1) is 0 Å². The lowest BCUT2D eigenvalue weighted by molar-refractivity contribution is -0.111. The van der Waals surface area contributed by atoms with E-state index in [4.69, 9.17) is 11.6 Å². The van der Waals surface area contributed by atoms with E-state index in [2.05, 4.69) is 33.1 Å². The lowest BCUT2D eigenvalue weighted by Gasteiger charge is -2.02. The normalized spacial score (nSPS) is 9.37. The van der Waals surface area contributed by atoms with Crippen molar-refractivity contribution in [1.29, 1.82) is 0 Å². The molecule has 0 aliphatic heterocycles. The Labute approximate surface area is 124 Å². The van der Waals surface area contributed by atoms with Crippen LogP contribution in [0.5, 0.6) is 0 Å². The van der Waals surface area contributed by atoms with E-state index in [0.29, 0.717) is 10.7 Å². The lowest BCUT2D eigenvalue weighted by Crippen LogP contribution is -2.08. The van der Waals surface area contributed by atoms with Crippen molar-refractivity contribution in [1.82, 2.24) is 0 Å². The molecule has 94 valence electrons. The third-order valence-corrected chi connectivity index (χ3v) is 3.50. The average Bonchev–Trinajstić information content (AvgIpc) is 2.42. The number of nitrogens with one attached hydrogen (secondary N) is 1. The minimum Gasteiger partial charge on any atom is -0.315 e. The van der Waals surface area contributed by atoms with E-state index >= 15 is 0 Å². The molecular weight excluding hydrogens is 326 g/mol. The second-order valence-electron chi connectivity index (χ2n) is 3.70.